The molecule has 0 aliphatic carbocycles. The number of nitro groups is 1. The topological polar surface area (TPSA) is 111 Å². The molecule has 2 aromatic rings. The maximum Gasteiger partial charge on any atom is 0.343 e. The first kappa shape index (κ1) is 14.0. The van der Waals surface area contributed by atoms with E-state index in [1.54, 1.807) is 6.07 Å². The van der Waals surface area contributed by atoms with Crippen LogP contribution in [0, 0.1) is 10.1 Å². The molecule has 0 aliphatic rings. The van der Waals surface area contributed by atoms with Gasteiger partial charge in [0.1, 0.15) is 0 Å². The van der Waals surface area contributed by atoms with Crippen molar-refractivity contribution >= 4 is 23.2 Å². The average molecular weight is 294 g/mol. The van der Waals surface area contributed by atoms with E-state index < -0.39 is 4.92 Å². The molecule has 0 saturated carbocycles. The van der Waals surface area contributed by atoms with E-state index in [0.29, 0.717) is 10.1 Å². The van der Waals surface area contributed by atoms with Crippen LogP contribution in [-0.2, 0) is 7.05 Å². The molecule has 0 amide bonds. The van der Waals surface area contributed by atoms with Crippen LogP contribution in [0.15, 0.2) is 33.0 Å². The highest BCUT2D eigenvalue weighted by Gasteiger charge is 2.19. The van der Waals surface area contributed by atoms with Gasteiger partial charge >= 0.3 is 5.69 Å². The molecule has 1 N–H and O–H groups in total. The number of nitro benzene ring substituents is 1. The van der Waals surface area contributed by atoms with Gasteiger partial charge in [-0.3, -0.25) is 19.5 Å². The van der Waals surface area contributed by atoms with E-state index in [4.69, 9.17) is 0 Å². The second-order valence-corrected chi connectivity index (χ2v) is 5.01. The lowest BCUT2D eigenvalue weighted by Crippen LogP contribution is -2.12. The van der Waals surface area contributed by atoms with Crippen LogP contribution in [0.3, 0.4) is 0 Å². The zero-order chi connectivity index (χ0) is 14.9. The Morgan fingerprint density at radius 2 is 2.20 bits per heavy atom. The number of rotatable bonds is 4. The molecule has 0 radical (unpaired) electrons. The zero-order valence-corrected chi connectivity index (χ0v) is 11.4. The van der Waals surface area contributed by atoms with Gasteiger partial charge in [-0.1, -0.05) is 0 Å². The van der Waals surface area contributed by atoms with Crippen molar-refractivity contribution in [2.24, 2.45) is 7.05 Å². The van der Waals surface area contributed by atoms with E-state index in [0.717, 1.165) is 11.8 Å². The fraction of sp³-hybridized carbons (Fsp3) is 0.182. The number of ketones is 1. The summed E-state index contributed by atoms with van der Waals surface area (Å²) in [5.41, 5.74) is -0.583. The summed E-state index contributed by atoms with van der Waals surface area (Å²) in [6.45, 7) is 1.27. The van der Waals surface area contributed by atoms with Gasteiger partial charge in [0.05, 0.1) is 10.5 Å². The number of nitrogens with one attached hydrogen (secondary N) is 1. The Morgan fingerprint density at radius 3 is 2.70 bits per heavy atom. The van der Waals surface area contributed by atoms with Gasteiger partial charge in [0.2, 0.25) is 0 Å². The summed E-state index contributed by atoms with van der Waals surface area (Å²) in [6, 6.07) is 4.27. The predicted molar refractivity (Wildman–Crippen MR) is 71.1 cm³/mol. The molecule has 0 unspecified atom stereocenters. The van der Waals surface area contributed by atoms with E-state index in [1.165, 1.54) is 30.7 Å². The van der Waals surface area contributed by atoms with Gasteiger partial charge in [-0.2, -0.15) is 0 Å². The summed E-state index contributed by atoms with van der Waals surface area (Å²) < 4.78 is 1.29. The van der Waals surface area contributed by atoms with Crippen LogP contribution in [0.25, 0.3) is 0 Å². The van der Waals surface area contributed by atoms with Gasteiger partial charge < -0.3 is 0 Å². The fourth-order valence-corrected chi connectivity index (χ4v) is 2.38. The Morgan fingerprint density at radius 1 is 1.50 bits per heavy atom. The zero-order valence-electron chi connectivity index (χ0n) is 10.6. The number of aromatic amines is 1. The Bertz CT molecular complexity index is 749. The number of nitrogens with zero attached hydrogens (tertiary/aromatic N) is 3. The predicted octanol–water partition coefficient (Wildman–Crippen LogP) is 1.37. The number of Topliss-reactive ketones (excluding diaryl/α,β-unsaturated/α-hetero) is 1. The Kier molecular flexibility index (Phi) is 3.70. The number of carbonyl (C=O) groups excluding carboxylic acids is 1. The summed E-state index contributed by atoms with van der Waals surface area (Å²) in [7, 11) is 1.53. The molecule has 0 bridgehead atoms. The smallest absolute Gasteiger partial charge is 0.294 e. The highest BCUT2D eigenvalue weighted by molar-refractivity contribution is 7.99. The van der Waals surface area contributed by atoms with Gasteiger partial charge in [-0.25, -0.2) is 9.89 Å². The molecule has 0 aliphatic heterocycles. The molecule has 2 rings (SSSR count). The van der Waals surface area contributed by atoms with Crippen molar-refractivity contribution in [3.8, 4) is 0 Å². The average Bonchev–Trinajstić information content (AvgIpc) is 2.70. The van der Waals surface area contributed by atoms with Crippen molar-refractivity contribution in [2.45, 2.75) is 17.0 Å². The Labute approximate surface area is 117 Å². The molecule has 1 aromatic heterocycles. The van der Waals surface area contributed by atoms with Gasteiger partial charge in [0, 0.05) is 18.0 Å². The summed E-state index contributed by atoms with van der Waals surface area (Å²) in [5.74, 6) is -0.375. The second kappa shape index (κ2) is 5.29. The van der Waals surface area contributed by atoms with Crippen molar-refractivity contribution in [3.63, 3.8) is 0 Å². The second-order valence-electron chi connectivity index (χ2n) is 3.96. The SMILES string of the molecule is CC(=O)c1ccc(Sc2n[nH]c(=O)n2C)cc1[N+](=O)[O-]. The van der Waals surface area contributed by atoms with Crippen LogP contribution >= 0.6 is 11.8 Å². The van der Waals surface area contributed by atoms with Crippen LogP contribution in [0.4, 0.5) is 5.69 Å². The Hall–Kier alpha value is -2.42. The third kappa shape index (κ3) is 2.62. The van der Waals surface area contributed by atoms with E-state index in [2.05, 4.69) is 10.2 Å². The number of carbonyl (C=O) groups is 1. The number of hydrogen-bond acceptors (Lipinski definition) is 6. The maximum atomic E-state index is 11.3. The van der Waals surface area contributed by atoms with Crippen molar-refractivity contribution < 1.29 is 9.72 Å². The van der Waals surface area contributed by atoms with E-state index in [1.807, 2.05) is 0 Å². The van der Waals surface area contributed by atoms with Crippen LogP contribution in [0.2, 0.25) is 0 Å². The molecule has 8 nitrogen and oxygen atoms in total. The molecule has 9 heteroatoms. The lowest BCUT2D eigenvalue weighted by Gasteiger charge is -2.03. The van der Waals surface area contributed by atoms with E-state index in [-0.39, 0.29) is 22.7 Å². The normalized spacial score (nSPS) is 10.5. The molecule has 20 heavy (non-hydrogen) atoms. The lowest BCUT2D eigenvalue weighted by molar-refractivity contribution is -0.385. The van der Waals surface area contributed by atoms with Crippen LogP contribution in [0.1, 0.15) is 17.3 Å². The van der Waals surface area contributed by atoms with Crippen LogP contribution in [-0.4, -0.2) is 25.5 Å². The monoisotopic (exact) mass is 294 g/mol. The lowest BCUT2D eigenvalue weighted by atomic mass is 10.1. The Balaban J connectivity index is 2.41. The van der Waals surface area contributed by atoms with Crippen LogP contribution < -0.4 is 5.69 Å². The summed E-state index contributed by atoms with van der Waals surface area (Å²) in [4.78, 5) is 33.4. The molecule has 0 fully saturated rings. The molecular formula is C11H10N4O4S. The molecule has 104 valence electrons. The van der Waals surface area contributed by atoms with Gasteiger partial charge in [0.25, 0.3) is 5.69 Å². The van der Waals surface area contributed by atoms with Crippen molar-refractivity contribution in [1.82, 2.24) is 14.8 Å². The highest BCUT2D eigenvalue weighted by atomic mass is 32.2. The minimum absolute atomic E-state index is 0.0512. The van der Waals surface area contributed by atoms with Gasteiger partial charge in [-0.05, 0) is 30.8 Å². The molecule has 0 spiro atoms. The van der Waals surface area contributed by atoms with Crippen molar-refractivity contribution in [3.05, 3.63) is 44.4 Å². The summed E-state index contributed by atoms with van der Waals surface area (Å²) in [6.07, 6.45) is 0. The molecule has 0 saturated heterocycles. The molecule has 0 atom stereocenters. The van der Waals surface area contributed by atoms with E-state index >= 15 is 0 Å². The number of H-pyrrole nitrogens is 1. The fourth-order valence-electron chi connectivity index (χ4n) is 1.55. The minimum Gasteiger partial charge on any atom is -0.294 e. The largest absolute Gasteiger partial charge is 0.343 e. The first-order valence-corrected chi connectivity index (χ1v) is 6.30. The van der Waals surface area contributed by atoms with Gasteiger partial charge in [-0.15, -0.1) is 5.10 Å². The summed E-state index contributed by atoms with van der Waals surface area (Å²) >= 11 is 1.09. The third-order valence-corrected chi connectivity index (χ3v) is 3.63. The van der Waals surface area contributed by atoms with Gasteiger partial charge in [0.15, 0.2) is 10.9 Å². The number of hydrogen-bond donors (Lipinski definition) is 1. The van der Waals surface area contributed by atoms with E-state index in [9.17, 15) is 19.7 Å². The maximum absolute atomic E-state index is 11.3. The number of benzene rings is 1. The molecule has 1 aromatic carbocycles. The van der Waals surface area contributed by atoms with Crippen LogP contribution in [0.5, 0.6) is 0 Å². The first-order chi connectivity index (χ1) is 9.40. The van der Waals surface area contributed by atoms with Crippen molar-refractivity contribution in [2.75, 3.05) is 0 Å². The quantitative estimate of drug-likeness (QED) is 0.518. The van der Waals surface area contributed by atoms with Crippen molar-refractivity contribution in [1.29, 1.82) is 0 Å². The molecular weight excluding hydrogens is 284 g/mol. The number of aromatic nitrogens is 3. The minimum atomic E-state index is -0.607. The molecule has 1 heterocycles. The third-order valence-electron chi connectivity index (χ3n) is 2.59. The summed E-state index contributed by atoms with van der Waals surface area (Å²) in [5, 5.41) is 17.4. The standard InChI is InChI=1S/C11H10N4O4S/c1-6(16)8-4-3-7(5-9(8)15(18)19)20-11-13-12-10(17)14(11)2/h3-5H,1-2H3,(H,12,17). The first-order valence-electron chi connectivity index (χ1n) is 5.48. The highest BCUT2D eigenvalue weighted by Crippen LogP contribution is 2.30.